The van der Waals surface area contributed by atoms with Crippen LogP contribution in [-0.2, 0) is 6.18 Å². The van der Waals surface area contributed by atoms with Crippen molar-refractivity contribution in [3.8, 4) is 6.07 Å². The summed E-state index contributed by atoms with van der Waals surface area (Å²) in [5, 5.41) is 11.8. The average Bonchev–Trinajstić information content (AvgIpc) is 2.35. The SMILES string of the molecule is CC(C)(C#N)CCCNc1ccc(Br)c(C(F)(F)F)c1. The first-order chi connectivity index (χ1) is 9.15. The fourth-order valence-corrected chi connectivity index (χ4v) is 2.14. The number of nitriles is 1. The molecule has 0 amide bonds. The van der Waals surface area contributed by atoms with Crippen LogP contribution in [0, 0.1) is 16.7 Å². The Kier molecular flexibility index (Phi) is 5.46. The Hall–Kier alpha value is -1.22. The van der Waals surface area contributed by atoms with Crippen LogP contribution in [0.3, 0.4) is 0 Å². The Bertz CT molecular complexity index is 504. The Labute approximate surface area is 125 Å². The van der Waals surface area contributed by atoms with E-state index in [9.17, 15) is 13.2 Å². The maximum atomic E-state index is 12.7. The van der Waals surface area contributed by atoms with Crippen molar-refractivity contribution in [2.75, 3.05) is 11.9 Å². The number of hydrogen-bond acceptors (Lipinski definition) is 2. The molecule has 1 rings (SSSR count). The Balaban J connectivity index is 2.60. The van der Waals surface area contributed by atoms with Crippen molar-refractivity contribution in [2.45, 2.75) is 32.9 Å². The summed E-state index contributed by atoms with van der Waals surface area (Å²) in [7, 11) is 0. The summed E-state index contributed by atoms with van der Waals surface area (Å²) in [5.41, 5.74) is -0.673. The number of hydrogen-bond donors (Lipinski definition) is 1. The number of anilines is 1. The number of rotatable bonds is 5. The number of alkyl halides is 3. The summed E-state index contributed by atoms with van der Waals surface area (Å²) < 4.78 is 38.2. The molecule has 20 heavy (non-hydrogen) atoms. The molecule has 110 valence electrons. The molecule has 0 saturated heterocycles. The van der Waals surface area contributed by atoms with E-state index >= 15 is 0 Å². The molecular weight excluding hydrogens is 333 g/mol. The minimum absolute atomic E-state index is 0.0289. The molecule has 0 aliphatic heterocycles. The lowest BCUT2D eigenvalue weighted by Gasteiger charge is -2.16. The minimum atomic E-state index is -4.38. The van der Waals surface area contributed by atoms with Crippen LogP contribution in [0.5, 0.6) is 0 Å². The van der Waals surface area contributed by atoms with E-state index in [2.05, 4.69) is 27.3 Å². The van der Waals surface area contributed by atoms with Crippen LogP contribution in [0.25, 0.3) is 0 Å². The van der Waals surface area contributed by atoms with Crippen LogP contribution in [-0.4, -0.2) is 6.54 Å². The zero-order chi connectivity index (χ0) is 15.4. The molecule has 6 heteroatoms. The van der Waals surface area contributed by atoms with Crippen LogP contribution in [0.15, 0.2) is 22.7 Å². The predicted molar refractivity (Wildman–Crippen MR) is 76.3 cm³/mol. The molecule has 2 nitrogen and oxygen atoms in total. The second-order valence-electron chi connectivity index (χ2n) is 5.22. The highest BCUT2D eigenvalue weighted by atomic mass is 79.9. The molecule has 0 aromatic heterocycles. The summed E-state index contributed by atoms with van der Waals surface area (Å²) in [6.45, 7) is 4.22. The molecule has 0 radical (unpaired) electrons. The van der Waals surface area contributed by atoms with E-state index in [-0.39, 0.29) is 4.47 Å². The highest BCUT2D eigenvalue weighted by Gasteiger charge is 2.33. The van der Waals surface area contributed by atoms with E-state index in [1.807, 2.05) is 13.8 Å². The quantitative estimate of drug-likeness (QED) is 0.741. The van der Waals surface area contributed by atoms with Crippen molar-refractivity contribution in [3.05, 3.63) is 28.2 Å². The first kappa shape index (κ1) is 16.8. The molecule has 0 unspecified atom stereocenters. The van der Waals surface area contributed by atoms with Gasteiger partial charge in [0.2, 0.25) is 0 Å². The molecule has 0 fully saturated rings. The molecule has 0 heterocycles. The molecular formula is C14H16BrF3N2. The van der Waals surface area contributed by atoms with Crippen molar-refractivity contribution >= 4 is 21.6 Å². The van der Waals surface area contributed by atoms with E-state index in [4.69, 9.17) is 5.26 Å². The third-order valence-electron chi connectivity index (χ3n) is 2.88. The Morgan fingerprint density at radius 2 is 1.95 bits per heavy atom. The van der Waals surface area contributed by atoms with Crippen molar-refractivity contribution in [1.29, 1.82) is 5.26 Å². The van der Waals surface area contributed by atoms with E-state index in [0.29, 0.717) is 18.7 Å². The number of nitrogens with one attached hydrogen (secondary N) is 1. The fourth-order valence-electron chi connectivity index (χ4n) is 1.67. The van der Waals surface area contributed by atoms with Crippen LogP contribution < -0.4 is 5.32 Å². The summed E-state index contributed by atoms with van der Waals surface area (Å²) in [5.74, 6) is 0. The predicted octanol–water partition coefficient (Wildman–Crippen LogP) is 5.21. The molecule has 0 saturated carbocycles. The topological polar surface area (TPSA) is 35.8 Å². The van der Waals surface area contributed by atoms with Gasteiger partial charge in [0.15, 0.2) is 0 Å². The third-order valence-corrected chi connectivity index (χ3v) is 3.57. The van der Waals surface area contributed by atoms with Crippen molar-refractivity contribution < 1.29 is 13.2 Å². The minimum Gasteiger partial charge on any atom is -0.385 e. The standard InChI is InChI=1S/C14H16BrF3N2/c1-13(2,9-19)6-3-7-20-10-4-5-12(15)11(8-10)14(16,17)18/h4-5,8,20H,3,6-7H2,1-2H3. The van der Waals surface area contributed by atoms with Gasteiger partial charge in [-0.2, -0.15) is 18.4 Å². The van der Waals surface area contributed by atoms with Gasteiger partial charge < -0.3 is 5.32 Å². The maximum Gasteiger partial charge on any atom is 0.417 e. The summed E-state index contributed by atoms with van der Waals surface area (Å²) in [6.07, 6.45) is -2.96. The smallest absolute Gasteiger partial charge is 0.385 e. The van der Waals surface area contributed by atoms with Gasteiger partial charge in [-0.3, -0.25) is 0 Å². The Morgan fingerprint density at radius 1 is 1.30 bits per heavy atom. The van der Waals surface area contributed by atoms with Crippen molar-refractivity contribution in [2.24, 2.45) is 5.41 Å². The van der Waals surface area contributed by atoms with Crippen LogP contribution in [0.4, 0.5) is 18.9 Å². The molecule has 1 aromatic carbocycles. The second-order valence-corrected chi connectivity index (χ2v) is 6.07. The van der Waals surface area contributed by atoms with Crippen LogP contribution >= 0.6 is 15.9 Å². The zero-order valence-electron chi connectivity index (χ0n) is 11.3. The molecule has 1 N–H and O–H groups in total. The molecule has 0 spiro atoms. The molecule has 1 aromatic rings. The lowest BCUT2D eigenvalue weighted by atomic mass is 9.90. The summed E-state index contributed by atoms with van der Waals surface area (Å²) in [4.78, 5) is 0. The largest absolute Gasteiger partial charge is 0.417 e. The Morgan fingerprint density at radius 3 is 2.50 bits per heavy atom. The van der Waals surface area contributed by atoms with E-state index < -0.39 is 17.2 Å². The molecule has 0 aliphatic rings. The van der Waals surface area contributed by atoms with Crippen LogP contribution in [0.1, 0.15) is 32.3 Å². The van der Waals surface area contributed by atoms with Crippen LogP contribution in [0.2, 0.25) is 0 Å². The van der Waals surface area contributed by atoms with Gasteiger partial charge >= 0.3 is 6.18 Å². The maximum absolute atomic E-state index is 12.7. The summed E-state index contributed by atoms with van der Waals surface area (Å²) >= 11 is 2.90. The van der Waals surface area contributed by atoms with Gasteiger partial charge in [-0.15, -0.1) is 0 Å². The molecule has 0 aliphatic carbocycles. The summed E-state index contributed by atoms with van der Waals surface area (Å²) in [6, 6.07) is 6.25. The van der Waals surface area contributed by atoms with Gasteiger partial charge in [0.05, 0.1) is 17.0 Å². The number of halogens is 4. The van der Waals surface area contributed by atoms with Crippen molar-refractivity contribution in [1.82, 2.24) is 0 Å². The third kappa shape index (κ3) is 5.04. The lowest BCUT2D eigenvalue weighted by Crippen LogP contribution is -2.12. The van der Waals surface area contributed by atoms with Gasteiger partial charge in [0.25, 0.3) is 0 Å². The van der Waals surface area contributed by atoms with E-state index in [0.717, 1.165) is 12.5 Å². The normalized spacial score (nSPS) is 12.1. The van der Waals surface area contributed by atoms with Gasteiger partial charge in [-0.25, -0.2) is 0 Å². The highest BCUT2D eigenvalue weighted by Crippen LogP contribution is 2.36. The monoisotopic (exact) mass is 348 g/mol. The fraction of sp³-hybridized carbons (Fsp3) is 0.500. The number of benzene rings is 1. The lowest BCUT2D eigenvalue weighted by molar-refractivity contribution is -0.138. The van der Waals surface area contributed by atoms with E-state index in [1.165, 1.54) is 6.07 Å². The average molecular weight is 349 g/mol. The highest BCUT2D eigenvalue weighted by molar-refractivity contribution is 9.10. The molecule has 0 bridgehead atoms. The first-order valence-electron chi connectivity index (χ1n) is 6.17. The molecule has 0 atom stereocenters. The second kappa shape index (κ2) is 6.49. The van der Waals surface area contributed by atoms with E-state index in [1.54, 1.807) is 6.07 Å². The van der Waals surface area contributed by atoms with Gasteiger partial charge in [-0.1, -0.05) is 15.9 Å². The number of nitrogens with zero attached hydrogens (tertiary/aromatic N) is 1. The van der Waals surface area contributed by atoms with Gasteiger partial charge in [0.1, 0.15) is 0 Å². The van der Waals surface area contributed by atoms with Crippen molar-refractivity contribution in [3.63, 3.8) is 0 Å². The van der Waals surface area contributed by atoms with Gasteiger partial charge in [-0.05, 0) is 44.9 Å². The van der Waals surface area contributed by atoms with Gasteiger partial charge in [0, 0.05) is 16.7 Å². The zero-order valence-corrected chi connectivity index (χ0v) is 12.9. The first-order valence-corrected chi connectivity index (χ1v) is 6.97.